The van der Waals surface area contributed by atoms with Gasteiger partial charge >= 0.3 is 0 Å². The molecule has 0 bridgehead atoms. The molecule has 17 heavy (non-hydrogen) atoms. The largest absolute Gasteiger partial charge is 0.368 e. The Kier molecular flexibility index (Phi) is 2.65. The maximum Gasteiger partial charge on any atom is 0.135 e. The van der Waals surface area contributed by atoms with Crippen molar-refractivity contribution in [3.05, 3.63) is 29.3 Å². The number of Topliss-reactive ketones (excluding diaryl/α,β-unsaturated/α-hetero) is 1. The molecule has 1 aliphatic heterocycles. The topological polar surface area (TPSA) is 20.3 Å². The van der Waals surface area contributed by atoms with E-state index < -0.39 is 0 Å². The third kappa shape index (κ3) is 1.97. The number of anilines is 1. The van der Waals surface area contributed by atoms with E-state index in [1.807, 2.05) is 0 Å². The van der Waals surface area contributed by atoms with Gasteiger partial charge in [0.1, 0.15) is 5.78 Å². The number of ketones is 1. The highest BCUT2D eigenvalue weighted by Crippen LogP contribution is 2.33. The molecular formula is C15H19NO. The van der Waals surface area contributed by atoms with Crippen molar-refractivity contribution in [2.24, 2.45) is 0 Å². The average Bonchev–Trinajstić information content (AvgIpc) is 2.74. The van der Waals surface area contributed by atoms with Gasteiger partial charge < -0.3 is 4.90 Å². The van der Waals surface area contributed by atoms with Gasteiger partial charge in [0.15, 0.2) is 0 Å². The summed E-state index contributed by atoms with van der Waals surface area (Å²) in [6.45, 7) is 3.27. The van der Waals surface area contributed by atoms with Crippen molar-refractivity contribution >= 4 is 11.5 Å². The van der Waals surface area contributed by atoms with E-state index in [-0.39, 0.29) is 0 Å². The van der Waals surface area contributed by atoms with Gasteiger partial charge in [0.2, 0.25) is 0 Å². The standard InChI is InChI=1S/C15H19NO/c1-11-4-7-15-12(9-11)3-2-8-16(15)13-5-6-14(17)10-13/h4,7,9,13H,2-3,5-6,8,10H2,1H3. The number of carbonyl (C=O) groups excluding carboxylic acids is 1. The number of rotatable bonds is 1. The first-order chi connectivity index (χ1) is 8.24. The summed E-state index contributed by atoms with van der Waals surface area (Å²) in [7, 11) is 0. The van der Waals surface area contributed by atoms with Crippen LogP contribution in [0.3, 0.4) is 0 Å². The van der Waals surface area contributed by atoms with Gasteiger partial charge in [-0.15, -0.1) is 0 Å². The van der Waals surface area contributed by atoms with Gasteiger partial charge in [0.25, 0.3) is 0 Å². The summed E-state index contributed by atoms with van der Waals surface area (Å²) in [4.78, 5) is 13.9. The predicted octanol–water partition coefficient (Wildman–Crippen LogP) is 2.87. The predicted molar refractivity (Wildman–Crippen MR) is 69.5 cm³/mol. The van der Waals surface area contributed by atoms with Gasteiger partial charge in [-0.1, -0.05) is 17.7 Å². The molecule has 0 N–H and O–H groups in total. The van der Waals surface area contributed by atoms with Crippen molar-refractivity contribution in [3.63, 3.8) is 0 Å². The Labute approximate surface area is 103 Å². The van der Waals surface area contributed by atoms with Crippen molar-refractivity contribution in [1.82, 2.24) is 0 Å². The van der Waals surface area contributed by atoms with Crippen LogP contribution in [-0.2, 0) is 11.2 Å². The van der Waals surface area contributed by atoms with E-state index in [9.17, 15) is 4.79 Å². The monoisotopic (exact) mass is 229 g/mol. The van der Waals surface area contributed by atoms with Crippen molar-refractivity contribution in [2.75, 3.05) is 11.4 Å². The fourth-order valence-corrected chi connectivity index (χ4v) is 3.19. The lowest BCUT2D eigenvalue weighted by molar-refractivity contribution is -0.117. The molecule has 0 radical (unpaired) electrons. The van der Waals surface area contributed by atoms with Crippen LogP contribution in [-0.4, -0.2) is 18.4 Å². The normalized spacial score (nSPS) is 23.9. The van der Waals surface area contributed by atoms with Gasteiger partial charge in [-0.2, -0.15) is 0 Å². The molecule has 1 aromatic carbocycles. The van der Waals surface area contributed by atoms with E-state index in [4.69, 9.17) is 0 Å². The second-order valence-corrected chi connectivity index (χ2v) is 5.36. The summed E-state index contributed by atoms with van der Waals surface area (Å²) in [6, 6.07) is 7.20. The highest BCUT2D eigenvalue weighted by Gasteiger charge is 2.30. The summed E-state index contributed by atoms with van der Waals surface area (Å²) in [5, 5.41) is 0. The second kappa shape index (κ2) is 4.17. The van der Waals surface area contributed by atoms with E-state index in [2.05, 4.69) is 30.0 Å². The lowest BCUT2D eigenvalue weighted by Gasteiger charge is -2.36. The van der Waals surface area contributed by atoms with Crippen LogP contribution in [0.15, 0.2) is 18.2 Å². The molecule has 1 heterocycles. The molecule has 2 nitrogen and oxygen atoms in total. The molecule has 0 aromatic heterocycles. The van der Waals surface area contributed by atoms with E-state index >= 15 is 0 Å². The van der Waals surface area contributed by atoms with E-state index in [0.29, 0.717) is 11.8 Å². The Hall–Kier alpha value is -1.31. The number of benzene rings is 1. The summed E-state index contributed by atoms with van der Waals surface area (Å²) >= 11 is 0. The summed E-state index contributed by atoms with van der Waals surface area (Å²) in [5.41, 5.74) is 4.19. The minimum absolute atomic E-state index is 0.439. The summed E-state index contributed by atoms with van der Waals surface area (Å²) in [6.07, 6.45) is 5.00. The van der Waals surface area contributed by atoms with Gasteiger partial charge in [0.05, 0.1) is 0 Å². The van der Waals surface area contributed by atoms with Gasteiger partial charge in [0, 0.05) is 31.1 Å². The molecule has 1 aliphatic carbocycles. The fourth-order valence-electron chi connectivity index (χ4n) is 3.19. The minimum Gasteiger partial charge on any atom is -0.368 e. The third-order valence-corrected chi connectivity index (χ3v) is 4.05. The third-order valence-electron chi connectivity index (χ3n) is 4.05. The summed E-state index contributed by atoms with van der Waals surface area (Å²) < 4.78 is 0. The first-order valence-electron chi connectivity index (χ1n) is 6.62. The number of nitrogens with zero attached hydrogens (tertiary/aromatic N) is 1. The number of hydrogen-bond donors (Lipinski definition) is 0. The zero-order valence-electron chi connectivity index (χ0n) is 10.4. The molecule has 2 heteroatoms. The Morgan fingerprint density at radius 1 is 1.29 bits per heavy atom. The first kappa shape index (κ1) is 10.8. The van der Waals surface area contributed by atoms with Crippen LogP contribution in [0.4, 0.5) is 5.69 Å². The second-order valence-electron chi connectivity index (χ2n) is 5.36. The van der Waals surface area contributed by atoms with Crippen LogP contribution in [0.1, 0.15) is 36.8 Å². The molecule has 2 aliphatic rings. The van der Waals surface area contributed by atoms with Crippen molar-refractivity contribution < 1.29 is 4.79 Å². The quantitative estimate of drug-likeness (QED) is 0.738. The molecule has 0 amide bonds. The lowest BCUT2D eigenvalue weighted by Crippen LogP contribution is -2.37. The fraction of sp³-hybridized carbons (Fsp3) is 0.533. The Balaban J connectivity index is 1.91. The van der Waals surface area contributed by atoms with Crippen LogP contribution in [0.5, 0.6) is 0 Å². The number of carbonyl (C=O) groups is 1. The summed E-state index contributed by atoms with van der Waals surface area (Å²) in [5.74, 6) is 0.439. The Morgan fingerprint density at radius 2 is 2.18 bits per heavy atom. The zero-order valence-corrected chi connectivity index (χ0v) is 10.4. The lowest BCUT2D eigenvalue weighted by atomic mass is 9.97. The molecule has 1 atom stereocenters. The smallest absolute Gasteiger partial charge is 0.135 e. The van der Waals surface area contributed by atoms with Crippen LogP contribution in [0, 0.1) is 6.92 Å². The number of fused-ring (bicyclic) bond motifs is 1. The highest BCUT2D eigenvalue weighted by atomic mass is 16.1. The molecule has 0 spiro atoms. The average molecular weight is 229 g/mol. The molecule has 1 saturated carbocycles. The van der Waals surface area contributed by atoms with Gasteiger partial charge in [-0.25, -0.2) is 0 Å². The molecule has 3 rings (SSSR count). The minimum atomic E-state index is 0.439. The highest BCUT2D eigenvalue weighted by molar-refractivity contribution is 5.82. The van der Waals surface area contributed by atoms with Crippen molar-refractivity contribution in [3.8, 4) is 0 Å². The van der Waals surface area contributed by atoms with Crippen molar-refractivity contribution in [2.45, 2.75) is 45.1 Å². The van der Waals surface area contributed by atoms with Gasteiger partial charge in [-0.3, -0.25) is 4.79 Å². The number of aryl methyl sites for hydroxylation is 2. The molecule has 1 aromatic rings. The maximum absolute atomic E-state index is 11.4. The van der Waals surface area contributed by atoms with Crippen LogP contribution in [0.25, 0.3) is 0 Å². The first-order valence-corrected chi connectivity index (χ1v) is 6.62. The Morgan fingerprint density at radius 3 is 2.94 bits per heavy atom. The van der Waals surface area contributed by atoms with Crippen LogP contribution in [0.2, 0.25) is 0 Å². The molecule has 90 valence electrons. The molecule has 1 fully saturated rings. The number of hydrogen-bond acceptors (Lipinski definition) is 2. The van der Waals surface area contributed by atoms with Crippen LogP contribution >= 0.6 is 0 Å². The Bertz CT molecular complexity index is 452. The molecular weight excluding hydrogens is 210 g/mol. The van der Waals surface area contributed by atoms with Crippen LogP contribution < -0.4 is 4.90 Å². The van der Waals surface area contributed by atoms with Crippen molar-refractivity contribution in [1.29, 1.82) is 0 Å². The van der Waals surface area contributed by atoms with E-state index in [1.165, 1.54) is 29.7 Å². The zero-order chi connectivity index (χ0) is 11.8. The molecule has 0 saturated heterocycles. The SMILES string of the molecule is Cc1ccc2c(c1)CCCN2C1CCC(=O)C1. The van der Waals surface area contributed by atoms with Gasteiger partial charge in [-0.05, 0) is 37.8 Å². The van der Waals surface area contributed by atoms with E-state index in [0.717, 1.165) is 25.8 Å². The maximum atomic E-state index is 11.4. The van der Waals surface area contributed by atoms with E-state index in [1.54, 1.807) is 0 Å². The molecule has 1 unspecified atom stereocenters.